The molecule has 1 fully saturated rings. The third kappa shape index (κ3) is 3.98. The highest BCUT2D eigenvalue weighted by molar-refractivity contribution is 7.99. The first-order valence-electron chi connectivity index (χ1n) is 5.96. The lowest BCUT2D eigenvalue weighted by Crippen LogP contribution is -2.21. The second-order valence-corrected chi connectivity index (χ2v) is 5.64. The van der Waals surface area contributed by atoms with Crippen LogP contribution in [0.5, 0.6) is 0 Å². The highest BCUT2D eigenvalue weighted by atomic mass is 32.2. The summed E-state index contributed by atoms with van der Waals surface area (Å²) >= 11 is 1.91. The lowest BCUT2D eigenvalue weighted by molar-refractivity contribution is 0.1000. The van der Waals surface area contributed by atoms with Crippen LogP contribution in [0.2, 0.25) is 0 Å². The minimum Gasteiger partial charge on any atom is -0.381 e. The van der Waals surface area contributed by atoms with Crippen molar-refractivity contribution in [3.05, 3.63) is 35.6 Å². The van der Waals surface area contributed by atoms with Crippen LogP contribution in [0.1, 0.15) is 24.4 Å². The predicted octanol–water partition coefficient (Wildman–Crippen LogP) is 2.74. The van der Waals surface area contributed by atoms with Gasteiger partial charge >= 0.3 is 0 Å². The lowest BCUT2D eigenvalue weighted by atomic mass is 10.1. The van der Waals surface area contributed by atoms with Gasteiger partial charge in [0.05, 0.1) is 0 Å². The Morgan fingerprint density at radius 2 is 1.94 bits per heavy atom. The SMILES string of the molecule is NC(CSC1CCOCC1)c1ccc(F)cc1. The van der Waals surface area contributed by atoms with Crippen LogP contribution >= 0.6 is 11.8 Å². The van der Waals surface area contributed by atoms with Crippen molar-refractivity contribution >= 4 is 11.8 Å². The van der Waals surface area contributed by atoms with E-state index in [1.165, 1.54) is 12.1 Å². The molecule has 1 saturated heterocycles. The van der Waals surface area contributed by atoms with E-state index in [2.05, 4.69) is 0 Å². The number of rotatable bonds is 4. The zero-order valence-corrected chi connectivity index (χ0v) is 10.6. The zero-order valence-electron chi connectivity index (χ0n) is 9.77. The second-order valence-electron chi connectivity index (χ2n) is 4.30. The number of hydrogen-bond acceptors (Lipinski definition) is 3. The number of nitrogens with two attached hydrogens (primary N) is 1. The van der Waals surface area contributed by atoms with Crippen LogP contribution in [0.25, 0.3) is 0 Å². The van der Waals surface area contributed by atoms with Gasteiger partial charge in [-0.1, -0.05) is 12.1 Å². The third-order valence-electron chi connectivity index (χ3n) is 2.98. The second kappa shape index (κ2) is 6.38. The average molecular weight is 255 g/mol. The standard InChI is InChI=1S/C13H18FNOS/c14-11-3-1-10(2-4-11)13(15)9-17-12-5-7-16-8-6-12/h1-4,12-13H,5-9,15H2. The number of thioether (sulfide) groups is 1. The Kier molecular flexibility index (Phi) is 4.83. The fourth-order valence-corrected chi connectivity index (χ4v) is 3.09. The van der Waals surface area contributed by atoms with Gasteiger partial charge in [0.25, 0.3) is 0 Å². The minimum atomic E-state index is -0.210. The van der Waals surface area contributed by atoms with Gasteiger partial charge in [-0.3, -0.25) is 0 Å². The summed E-state index contributed by atoms with van der Waals surface area (Å²) in [5.41, 5.74) is 7.09. The molecule has 1 unspecified atom stereocenters. The average Bonchev–Trinajstić information content (AvgIpc) is 2.38. The molecule has 2 rings (SSSR count). The molecule has 1 aromatic carbocycles. The lowest BCUT2D eigenvalue weighted by Gasteiger charge is -2.23. The molecule has 94 valence electrons. The van der Waals surface area contributed by atoms with Gasteiger partial charge in [0, 0.05) is 30.3 Å². The summed E-state index contributed by atoms with van der Waals surface area (Å²) in [4.78, 5) is 0. The van der Waals surface area contributed by atoms with E-state index in [1.54, 1.807) is 12.1 Å². The van der Waals surface area contributed by atoms with Gasteiger partial charge in [0.1, 0.15) is 5.82 Å². The van der Waals surface area contributed by atoms with E-state index in [1.807, 2.05) is 11.8 Å². The van der Waals surface area contributed by atoms with Crippen LogP contribution in [0.15, 0.2) is 24.3 Å². The topological polar surface area (TPSA) is 35.2 Å². The largest absolute Gasteiger partial charge is 0.381 e. The zero-order chi connectivity index (χ0) is 12.1. The van der Waals surface area contributed by atoms with Crippen molar-refractivity contribution in [3.8, 4) is 0 Å². The van der Waals surface area contributed by atoms with Crippen molar-refractivity contribution in [1.82, 2.24) is 0 Å². The molecule has 4 heteroatoms. The van der Waals surface area contributed by atoms with E-state index in [0.717, 1.165) is 37.4 Å². The summed E-state index contributed by atoms with van der Waals surface area (Å²) in [5, 5.41) is 0.662. The van der Waals surface area contributed by atoms with Crippen molar-refractivity contribution < 1.29 is 9.13 Å². The quantitative estimate of drug-likeness (QED) is 0.898. The Hall–Kier alpha value is -0.580. The first-order valence-corrected chi connectivity index (χ1v) is 7.01. The molecular weight excluding hydrogens is 237 g/mol. The maximum atomic E-state index is 12.8. The molecule has 0 bridgehead atoms. The summed E-state index contributed by atoms with van der Waals surface area (Å²) in [6.07, 6.45) is 2.22. The maximum Gasteiger partial charge on any atom is 0.123 e. The summed E-state index contributed by atoms with van der Waals surface area (Å²) in [6, 6.07) is 6.46. The van der Waals surface area contributed by atoms with E-state index >= 15 is 0 Å². The van der Waals surface area contributed by atoms with Crippen molar-refractivity contribution in [2.75, 3.05) is 19.0 Å². The molecule has 0 aliphatic carbocycles. The normalized spacial score (nSPS) is 19.2. The van der Waals surface area contributed by atoms with Crippen LogP contribution in [0.3, 0.4) is 0 Å². The minimum absolute atomic E-state index is 0.0107. The van der Waals surface area contributed by atoms with Crippen LogP contribution < -0.4 is 5.73 Å². The first-order chi connectivity index (χ1) is 8.25. The number of ether oxygens (including phenoxy) is 1. The molecule has 1 aromatic rings. The van der Waals surface area contributed by atoms with E-state index < -0.39 is 0 Å². The fourth-order valence-electron chi connectivity index (χ4n) is 1.89. The van der Waals surface area contributed by atoms with Gasteiger partial charge < -0.3 is 10.5 Å². The monoisotopic (exact) mass is 255 g/mol. The highest BCUT2D eigenvalue weighted by Crippen LogP contribution is 2.25. The molecule has 1 aliphatic rings. The summed E-state index contributed by atoms with van der Waals surface area (Å²) < 4.78 is 18.1. The van der Waals surface area contributed by atoms with E-state index in [-0.39, 0.29) is 11.9 Å². The van der Waals surface area contributed by atoms with Crippen LogP contribution in [-0.4, -0.2) is 24.2 Å². The van der Waals surface area contributed by atoms with E-state index in [9.17, 15) is 4.39 Å². The molecule has 0 spiro atoms. The van der Waals surface area contributed by atoms with Gasteiger partial charge in [0.2, 0.25) is 0 Å². The van der Waals surface area contributed by atoms with Crippen LogP contribution in [-0.2, 0) is 4.74 Å². The summed E-state index contributed by atoms with van der Waals surface area (Å²) in [7, 11) is 0. The fraction of sp³-hybridized carbons (Fsp3) is 0.538. The Balaban J connectivity index is 1.80. The maximum absolute atomic E-state index is 12.8. The van der Waals surface area contributed by atoms with E-state index in [4.69, 9.17) is 10.5 Å². The van der Waals surface area contributed by atoms with Crippen LogP contribution in [0, 0.1) is 5.82 Å². The summed E-state index contributed by atoms with van der Waals surface area (Å²) in [6.45, 7) is 1.73. The molecule has 0 radical (unpaired) electrons. The third-order valence-corrected chi connectivity index (χ3v) is 4.47. The van der Waals surface area contributed by atoms with Crippen molar-refractivity contribution in [2.45, 2.75) is 24.1 Å². The van der Waals surface area contributed by atoms with Crippen molar-refractivity contribution in [2.24, 2.45) is 5.73 Å². The Morgan fingerprint density at radius 3 is 2.59 bits per heavy atom. The van der Waals surface area contributed by atoms with Gasteiger partial charge in [0.15, 0.2) is 0 Å². The predicted molar refractivity (Wildman–Crippen MR) is 69.6 cm³/mol. The smallest absolute Gasteiger partial charge is 0.123 e. The van der Waals surface area contributed by atoms with Gasteiger partial charge in [-0.25, -0.2) is 4.39 Å². The summed E-state index contributed by atoms with van der Waals surface area (Å²) in [5.74, 6) is 0.675. The number of hydrogen-bond donors (Lipinski definition) is 1. The van der Waals surface area contributed by atoms with Gasteiger partial charge in [-0.05, 0) is 30.5 Å². The molecule has 1 atom stereocenters. The number of halogens is 1. The molecule has 0 aromatic heterocycles. The van der Waals surface area contributed by atoms with Crippen molar-refractivity contribution in [1.29, 1.82) is 0 Å². The molecule has 1 heterocycles. The van der Waals surface area contributed by atoms with Crippen molar-refractivity contribution in [3.63, 3.8) is 0 Å². The Labute approximate surface area is 106 Å². The van der Waals surface area contributed by atoms with Gasteiger partial charge in [-0.2, -0.15) is 11.8 Å². The molecule has 2 N–H and O–H groups in total. The molecule has 0 amide bonds. The van der Waals surface area contributed by atoms with Crippen LogP contribution in [0.4, 0.5) is 4.39 Å². The molecule has 0 saturated carbocycles. The van der Waals surface area contributed by atoms with Gasteiger partial charge in [-0.15, -0.1) is 0 Å². The molecular formula is C13H18FNOS. The molecule has 17 heavy (non-hydrogen) atoms. The first kappa shape index (κ1) is 12.9. The highest BCUT2D eigenvalue weighted by Gasteiger charge is 2.16. The molecule has 1 aliphatic heterocycles. The van der Waals surface area contributed by atoms with E-state index in [0.29, 0.717) is 5.25 Å². The Bertz CT molecular complexity index is 338. The molecule has 2 nitrogen and oxygen atoms in total. The number of benzene rings is 1. The Morgan fingerprint density at radius 1 is 1.29 bits per heavy atom.